The summed E-state index contributed by atoms with van der Waals surface area (Å²) in [6.45, 7) is 3.15. The van der Waals surface area contributed by atoms with Gasteiger partial charge in [-0.05, 0) is 55.2 Å². The number of carbonyl (C=O) groups is 7. The Morgan fingerprint density at radius 1 is 0.793 bits per heavy atom. The van der Waals surface area contributed by atoms with E-state index in [4.69, 9.17) is 5.73 Å². The van der Waals surface area contributed by atoms with E-state index in [1.807, 2.05) is 38.1 Å². The number of nitrogens with one attached hydrogen (secondary N) is 5. The molecular formula is C41H54N8O9. The Hall–Kier alpha value is -5.81. The predicted molar refractivity (Wildman–Crippen MR) is 213 cm³/mol. The van der Waals surface area contributed by atoms with Crippen LogP contribution in [0.2, 0.25) is 0 Å². The molecular weight excluding hydrogens is 748 g/mol. The summed E-state index contributed by atoms with van der Waals surface area (Å²) in [5, 5.41) is 30.7. The zero-order valence-corrected chi connectivity index (χ0v) is 32.8. The van der Waals surface area contributed by atoms with Crippen LogP contribution in [-0.4, -0.2) is 129 Å². The Kier molecular flexibility index (Phi) is 15.0. The molecule has 0 aliphatic carbocycles. The second kappa shape index (κ2) is 20.1. The number of carboxylic acids is 1. The Balaban J connectivity index is 1.22. The highest BCUT2D eigenvalue weighted by Crippen LogP contribution is 2.23. The lowest BCUT2D eigenvalue weighted by molar-refractivity contribution is -0.145. The zero-order chi connectivity index (χ0) is 41.9. The average Bonchev–Trinajstić information content (AvgIpc) is 3.99. The minimum absolute atomic E-state index is 0.0347. The molecule has 0 spiro atoms. The van der Waals surface area contributed by atoms with Gasteiger partial charge >= 0.3 is 5.97 Å². The smallest absolute Gasteiger partial charge is 0.326 e. The number of aromatic amines is 1. The number of aliphatic hydroxyl groups is 1. The molecule has 0 radical (unpaired) electrons. The molecule has 312 valence electrons. The van der Waals surface area contributed by atoms with Gasteiger partial charge in [-0.3, -0.25) is 28.8 Å². The first kappa shape index (κ1) is 43.3. The van der Waals surface area contributed by atoms with Gasteiger partial charge in [0.15, 0.2) is 0 Å². The van der Waals surface area contributed by atoms with Crippen molar-refractivity contribution in [3.8, 4) is 0 Å². The molecule has 2 aliphatic rings. The minimum atomic E-state index is -1.27. The van der Waals surface area contributed by atoms with Gasteiger partial charge in [0.25, 0.3) is 0 Å². The summed E-state index contributed by atoms with van der Waals surface area (Å²) in [6, 6.07) is 9.84. The number of aliphatic carboxylic acids is 1. The van der Waals surface area contributed by atoms with Crippen molar-refractivity contribution in [2.45, 2.75) is 95.0 Å². The molecule has 5 rings (SSSR count). The minimum Gasteiger partial charge on any atom is -0.480 e. The average molecular weight is 803 g/mol. The van der Waals surface area contributed by atoms with Gasteiger partial charge in [0.05, 0.1) is 13.2 Å². The number of para-hydroxylation sites is 1. The van der Waals surface area contributed by atoms with Gasteiger partial charge in [0.1, 0.15) is 36.3 Å². The van der Waals surface area contributed by atoms with Crippen LogP contribution in [0, 0.1) is 5.92 Å². The molecule has 0 bridgehead atoms. The van der Waals surface area contributed by atoms with Crippen LogP contribution in [0.5, 0.6) is 0 Å². The fourth-order valence-electron chi connectivity index (χ4n) is 7.60. The number of likely N-dealkylation sites (tertiary alicyclic amines) is 2. The monoisotopic (exact) mass is 802 g/mol. The molecule has 17 nitrogen and oxygen atoms in total. The van der Waals surface area contributed by atoms with Crippen LogP contribution < -0.4 is 27.0 Å². The summed E-state index contributed by atoms with van der Waals surface area (Å²) in [4.78, 5) is 99.0. The molecule has 0 saturated carbocycles. The molecule has 2 fully saturated rings. The van der Waals surface area contributed by atoms with Crippen molar-refractivity contribution in [2.75, 3.05) is 26.2 Å². The molecule has 9 N–H and O–H groups in total. The zero-order valence-electron chi connectivity index (χ0n) is 32.8. The van der Waals surface area contributed by atoms with Crippen LogP contribution in [0.3, 0.4) is 0 Å². The number of H-pyrrole nitrogens is 1. The highest BCUT2D eigenvalue weighted by molar-refractivity contribution is 5.97. The van der Waals surface area contributed by atoms with Crippen LogP contribution in [0.1, 0.15) is 57.1 Å². The highest BCUT2D eigenvalue weighted by atomic mass is 16.4. The summed E-state index contributed by atoms with van der Waals surface area (Å²) < 4.78 is 0. The van der Waals surface area contributed by atoms with Gasteiger partial charge in [-0.15, -0.1) is 0 Å². The molecule has 1 aromatic heterocycles. The number of carbonyl (C=O) groups excluding carboxylic acids is 6. The summed E-state index contributed by atoms with van der Waals surface area (Å²) in [5.74, 6) is -4.79. The Morgan fingerprint density at radius 3 is 2.07 bits per heavy atom. The molecule has 6 atom stereocenters. The van der Waals surface area contributed by atoms with Crippen molar-refractivity contribution in [1.29, 1.82) is 0 Å². The van der Waals surface area contributed by atoms with Crippen molar-refractivity contribution < 1.29 is 43.8 Å². The van der Waals surface area contributed by atoms with E-state index < -0.39 is 90.8 Å². The molecule has 3 heterocycles. The van der Waals surface area contributed by atoms with Crippen LogP contribution in [0.25, 0.3) is 10.9 Å². The third kappa shape index (κ3) is 11.0. The van der Waals surface area contributed by atoms with E-state index in [9.17, 15) is 43.8 Å². The number of fused-ring (bicyclic) bond motifs is 1. The fourth-order valence-corrected chi connectivity index (χ4v) is 7.60. The van der Waals surface area contributed by atoms with Gasteiger partial charge < -0.3 is 52.0 Å². The number of benzene rings is 2. The lowest BCUT2D eigenvalue weighted by Gasteiger charge is -2.31. The summed E-state index contributed by atoms with van der Waals surface area (Å²) in [5.41, 5.74) is 7.99. The largest absolute Gasteiger partial charge is 0.480 e. The summed E-state index contributed by atoms with van der Waals surface area (Å²) in [7, 11) is 0. The third-order valence-electron chi connectivity index (χ3n) is 10.6. The topological polar surface area (TPSA) is 256 Å². The molecule has 2 saturated heterocycles. The Morgan fingerprint density at radius 2 is 1.41 bits per heavy atom. The Labute approximate surface area is 336 Å². The van der Waals surface area contributed by atoms with Gasteiger partial charge in [0, 0.05) is 43.0 Å². The molecule has 0 unspecified atom stereocenters. The number of hydrogen-bond acceptors (Lipinski definition) is 9. The second-order valence-corrected chi connectivity index (χ2v) is 15.3. The quantitative estimate of drug-likeness (QED) is 0.0852. The van der Waals surface area contributed by atoms with Gasteiger partial charge in [0.2, 0.25) is 35.4 Å². The first-order valence-corrected chi connectivity index (χ1v) is 19.7. The second-order valence-electron chi connectivity index (χ2n) is 15.3. The maximum Gasteiger partial charge on any atom is 0.326 e. The van der Waals surface area contributed by atoms with E-state index in [2.05, 4.69) is 26.3 Å². The molecule has 17 heteroatoms. The molecule has 2 aromatic carbocycles. The van der Waals surface area contributed by atoms with E-state index in [0.29, 0.717) is 25.7 Å². The summed E-state index contributed by atoms with van der Waals surface area (Å²) in [6.07, 6.45) is 3.76. The molecule has 2 aliphatic heterocycles. The van der Waals surface area contributed by atoms with E-state index in [1.165, 1.54) is 9.80 Å². The van der Waals surface area contributed by atoms with E-state index in [-0.39, 0.29) is 38.3 Å². The van der Waals surface area contributed by atoms with Crippen LogP contribution >= 0.6 is 0 Å². The first-order chi connectivity index (χ1) is 27.8. The standard InChI is InChI=1S/C41H54N8O9/c1-24(2)18-31(40(56)49-17-9-15-34(49)39(55)47-32(41(57)58)19-25-10-4-3-5-11-25)46-38(54)33-14-8-16-48(33)35(51)22-44-37(53)30(45-36(52)28(42)23-50)20-26-21-43-29-13-7-6-12-27(26)29/h3-7,10-13,21,24,28,30-34,43,50H,8-9,14-20,22-23,42H2,1-2H3,(H,44,53)(H,45,52)(H,46,54)(H,47,55)(H,57,58)/t28-,30-,31-,32-,33-,34-/m0/s1. The fraction of sp³-hybridized carbons (Fsp3) is 0.488. The van der Waals surface area contributed by atoms with E-state index in [1.54, 1.807) is 36.5 Å². The molecule has 6 amide bonds. The normalized spacial score (nSPS) is 18.6. The number of carboxylic acid groups (broad SMARTS) is 1. The van der Waals surface area contributed by atoms with Gasteiger partial charge in [-0.25, -0.2) is 4.79 Å². The van der Waals surface area contributed by atoms with Crippen molar-refractivity contribution >= 4 is 52.3 Å². The number of rotatable bonds is 18. The Bertz CT molecular complexity index is 1950. The lowest BCUT2D eigenvalue weighted by atomic mass is 10.0. The van der Waals surface area contributed by atoms with Gasteiger partial charge in [-0.1, -0.05) is 62.4 Å². The van der Waals surface area contributed by atoms with E-state index >= 15 is 0 Å². The maximum absolute atomic E-state index is 14.1. The lowest BCUT2D eigenvalue weighted by Crippen LogP contribution is -2.58. The van der Waals surface area contributed by atoms with Crippen molar-refractivity contribution in [1.82, 2.24) is 36.1 Å². The van der Waals surface area contributed by atoms with Crippen LogP contribution in [0.4, 0.5) is 0 Å². The number of amides is 6. The first-order valence-electron chi connectivity index (χ1n) is 19.7. The number of nitrogens with two attached hydrogens (primary N) is 1. The summed E-state index contributed by atoms with van der Waals surface area (Å²) >= 11 is 0. The third-order valence-corrected chi connectivity index (χ3v) is 10.6. The van der Waals surface area contributed by atoms with Crippen LogP contribution in [0.15, 0.2) is 60.8 Å². The number of hydrogen-bond donors (Lipinski definition) is 8. The number of aromatic nitrogens is 1. The SMILES string of the molecule is CC(C)C[C@H](NC(=O)[C@@H]1CCCN1C(=O)CNC(=O)[C@H](Cc1c[nH]c2ccccc12)NC(=O)[C@@H](N)CO)C(=O)N1CCC[C@H]1C(=O)N[C@@H](Cc1ccccc1)C(=O)O. The van der Waals surface area contributed by atoms with Gasteiger partial charge in [-0.2, -0.15) is 0 Å². The van der Waals surface area contributed by atoms with Crippen molar-refractivity contribution in [3.05, 3.63) is 71.9 Å². The van der Waals surface area contributed by atoms with Crippen LogP contribution in [-0.2, 0) is 46.4 Å². The molecule has 58 heavy (non-hydrogen) atoms. The maximum atomic E-state index is 14.1. The predicted octanol–water partition coefficient (Wildman–Crippen LogP) is -0.0440. The number of nitrogens with zero attached hydrogens (tertiary/aromatic N) is 2. The highest BCUT2D eigenvalue weighted by Gasteiger charge is 2.41. The van der Waals surface area contributed by atoms with Crippen molar-refractivity contribution in [3.63, 3.8) is 0 Å². The molecule has 3 aromatic rings. The van der Waals surface area contributed by atoms with E-state index in [0.717, 1.165) is 22.0 Å². The number of aliphatic hydroxyl groups excluding tert-OH is 1. The van der Waals surface area contributed by atoms with Crippen molar-refractivity contribution in [2.24, 2.45) is 11.7 Å².